The van der Waals surface area contributed by atoms with Crippen molar-refractivity contribution in [2.45, 2.75) is 20.0 Å². The molecule has 0 amide bonds. The second-order valence-electron chi connectivity index (χ2n) is 4.00. The van der Waals surface area contributed by atoms with Crippen LogP contribution in [0.4, 0.5) is 5.69 Å². The lowest BCUT2D eigenvalue weighted by Crippen LogP contribution is -2.07. The average molecular weight is 245 g/mol. The SMILES string of the molecule is CC(C)Oc1cc(Oc2ccccc2N)ncn1. The van der Waals surface area contributed by atoms with E-state index in [1.807, 2.05) is 26.0 Å². The number of nitrogen functional groups attached to an aromatic ring is 1. The maximum absolute atomic E-state index is 5.79. The molecule has 0 aliphatic carbocycles. The molecule has 0 fully saturated rings. The van der Waals surface area contributed by atoms with Crippen molar-refractivity contribution in [3.05, 3.63) is 36.7 Å². The highest BCUT2D eigenvalue weighted by molar-refractivity contribution is 5.53. The summed E-state index contributed by atoms with van der Waals surface area (Å²) < 4.78 is 11.0. The molecule has 5 nitrogen and oxygen atoms in total. The van der Waals surface area contributed by atoms with E-state index in [1.54, 1.807) is 18.2 Å². The van der Waals surface area contributed by atoms with Crippen LogP contribution in [0.15, 0.2) is 36.7 Å². The largest absolute Gasteiger partial charge is 0.475 e. The maximum Gasteiger partial charge on any atom is 0.226 e. The van der Waals surface area contributed by atoms with Crippen LogP contribution in [-0.2, 0) is 0 Å². The van der Waals surface area contributed by atoms with Crippen LogP contribution < -0.4 is 15.2 Å². The molecule has 2 rings (SSSR count). The lowest BCUT2D eigenvalue weighted by molar-refractivity contribution is 0.231. The Morgan fingerprint density at radius 3 is 2.56 bits per heavy atom. The van der Waals surface area contributed by atoms with Crippen LogP contribution in [0.3, 0.4) is 0 Å². The van der Waals surface area contributed by atoms with Crippen molar-refractivity contribution in [3.63, 3.8) is 0 Å². The summed E-state index contributed by atoms with van der Waals surface area (Å²) in [6, 6.07) is 8.86. The lowest BCUT2D eigenvalue weighted by Gasteiger charge is -2.10. The fourth-order valence-corrected chi connectivity index (χ4v) is 1.37. The smallest absolute Gasteiger partial charge is 0.226 e. The minimum absolute atomic E-state index is 0.0505. The van der Waals surface area contributed by atoms with Gasteiger partial charge in [-0.25, -0.2) is 9.97 Å². The van der Waals surface area contributed by atoms with Gasteiger partial charge in [0.1, 0.15) is 6.33 Å². The van der Waals surface area contributed by atoms with E-state index in [2.05, 4.69) is 9.97 Å². The van der Waals surface area contributed by atoms with Crippen LogP contribution in [0.5, 0.6) is 17.5 Å². The zero-order chi connectivity index (χ0) is 13.0. The maximum atomic E-state index is 5.79. The molecule has 0 saturated heterocycles. The molecule has 0 saturated carbocycles. The highest BCUT2D eigenvalue weighted by atomic mass is 16.5. The fraction of sp³-hybridized carbons (Fsp3) is 0.231. The number of hydrogen-bond donors (Lipinski definition) is 1. The third-order valence-electron chi connectivity index (χ3n) is 2.11. The van der Waals surface area contributed by atoms with Gasteiger partial charge < -0.3 is 15.2 Å². The zero-order valence-corrected chi connectivity index (χ0v) is 10.3. The molecule has 2 aromatic rings. The molecule has 1 aromatic heterocycles. The molecule has 18 heavy (non-hydrogen) atoms. The summed E-state index contributed by atoms with van der Waals surface area (Å²) in [6.45, 7) is 3.86. The van der Waals surface area contributed by atoms with E-state index in [9.17, 15) is 0 Å². The quantitative estimate of drug-likeness (QED) is 0.838. The van der Waals surface area contributed by atoms with Gasteiger partial charge in [-0.1, -0.05) is 12.1 Å². The molecule has 0 atom stereocenters. The van der Waals surface area contributed by atoms with E-state index >= 15 is 0 Å². The van der Waals surface area contributed by atoms with E-state index in [1.165, 1.54) is 6.33 Å². The first-order valence-corrected chi connectivity index (χ1v) is 5.66. The lowest BCUT2D eigenvalue weighted by atomic mass is 10.3. The number of anilines is 1. The number of nitrogens with zero attached hydrogens (tertiary/aromatic N) is 2. The molecular formula is C13H15N3O2. The van der Waals surface area contributed by atoms with Gasteiger partial charge in [0.25, 0.3) is 0 Å². The van der Waals surface area contributed by atoms with Crippen LogP contribution in [-0.4, -0.2) is 16.1 Å². The first-order chi connectivity index (χ1) is 8.65. The molecular weight excluding hydrogens is 230 g/mol. The Kier molecular flexibility index (Phi) is 3.62. The van der Waals surface area contributed by atoms with Crippen LogP contribution >= 0.6 is 0 Å². The number of benzene rings is 1. The fourth-order valence-electron chi connectivity index (χ4n) is 1.37. The predicted molar refractivity (Wildman–Crippen MR) is 68.7 cm³/mol. The molecule has 0 aliphatic rings. The molecule has 0 unspecified atom stereocenters. The van der Waals surface area contributed by atoms with Gasteiger partial charge in [-0.3, -0.25) is 0 Å². The third kappa shape index (κ3) is 3.10. The number of nitrogens with two attached hydrogens (primary N) is 1. The van der Waals surface area contributed by atoms with Gasteiger partial charge in [0.2, 0.25) is 11.8 Å². The molecule has 0 bridgehead atoms. The van der Waals surface area contributed by atoms with Crippen LogP contribution in [0.1, 0.15) is 13.8 Å². The summed E-state index contributed by atoms with van der Waals surface area (Å²) in [5.41, 5.74) is 6.35. The molecule has 0 spiro atoms. The van der Waals surface area contributed by atoms with E-state index < -0.39 is 0 Å². The molecule has 5 heteroatoms. The highest BCUT2D eigenvalue weighted by Crippen LogP contribution is 2.26. The number of para-hydroxylation sites is 2. The van der Waals surface area contributed by atoms with Crippen LogP contribution in [0.2, 0.25) is 0 Å². The Labute approximate surface area is 106 Å². The van der Waals surface area contributed by atoms with Gasteiger partial charge in [-0.2, -0.15) is 0 Å². The van der Waals surface area contributed by atoms with Crippen LogP contribution in [0, 0.1) is 0 Å². The summed E-state index contributed by atoms with van der Waals surface area (Å²) in [5.74, 6) is 1.44. The van der Waals surface area contributed by atoms with E-state index in [0.29, 0.717) is 23.2 Å². The monoisotopic (exact) mass is 245 g/mol. The minimum Gasteiger partial charge on any atom is -0.475 e. The number of aromatic nitrogens is 2. The van der Waals surface area contributed by atoms with Crippen molar-refractivity contribution in [2.24, 2.45) is 0 Å². The molecule has 1 heterocycles. The van der Waals surface area contributed by atoms with Crippen molar-refractivity contribution >= 4 is 5.69 Å². The van der Waals surface area contributed by atoms with Gasteiger partial charge in [-0.05, 0) is 26.0 Å². The van der Waals surface area contributed by atoms with E-state index in [0.717, 1.165) is 0 Å². The van der Waals surface area contributed by atoms with Gasteiger partial charge >= 0.3 is 0 Å². The summed E-state index contributed by atoms with van der Waals surface area (Å²) in [6.07, 6.45) is 1.45. The molecule has 1 aromatic carbocycles. The van der Waals surface area contributed by atoms with Crippen LogP contribution in [0.25, 0.3) is 0 Å². The second-order valence-corrected chi connectivity index (χ2v) is 4.00. The first-order valence-electron chi connectivity index (χ1n) is 5.66. The Bertz CT molecular complexity index is 529. The molecule has 0 aliphatic heterocycles. The van der Waals surface area contributed by atoms with Crippen molar-refractivity contribution < 1.29 is 9.47 Å². The van der Waals surface area contributed by atoms with Crippen molar-refractivity contribution in [3.8, 4) is 17.5 Å². The molecule has 2 N–H and O–H groups in total. The van der Waals surface area contributed by atoms with Gasteiger partial charge in [0.15, 0.2) is 5.75 Å². The normalized spacial score (nSPS) is 10.4. The number of rotatable bonds is 4. The summed E-state index contributed by atoms with van der Waals surface area (Å²) >= 11 is 0. The van der Waals surface area contributed by atoms with Crippen molar-refractivity contribution in [1.82, 2.24) is 9.97 Å². The van der Waals surface area contributed by atoms with Gasteiger partial charge in [0, 0.05) is 0 Å². The Morgan fingerprint density at radius 1 is 1.11 bits per heavy atom. The van der Waals surface area contributed by atoms with E-state index in [-0.39, 0.29) is 6.10 Å². The standard InChI is InChI=1S/C13H15N3O2/c1-9(2)17-12-7-13(16-8-15-12)18-11-6-4-3-5-10(11)14/h3-9H,14H2,1-2H3. The average Bonchev–Trinajstić information content (AvgIpc) is 2.32. The van der Waals surface area contributed by atoms with Crippen molar-refractivity contribution in [2.75, 3.05) is 5.73 Å². The van der Waals surface area contributed by atoms with Gasteiger partial charge in [0.05, 0.1) is 17.9 Å². The molecule has 94 valence electrons. The first kappa shape index (κ1) is 12.2. The highest BCUT2D eigenvalue weighted by Gasteiger charge is 2.05. The van der Waals surface area contributed by atoms with Gasteiger partial charge in [-0.15, -0.1) is 0 Å². The predicted octanol–water partition coefficient (Wildman–Crippen LogP) is 2.64. The third-order valence-corrected chi connectivity index (χ3v) is 2.11. The Morgan fingerprint density at radius 2 is 1.83 bits per heavy atom. The Hall–Kier alpha value is -2.30. The second kappa shape index (κ2) is 5.35. The zero-order valence-electron chi connectivity index (χ0n) is 10.3. The summed E-state index contributed by atoms with van der Waals surface area (Å²) in [5, 5.41) is 0. The van der Waals surface area contributed by atoms with E-state index in [4.69, 9.17) is 15.2 Å². The Balaban J connectivity index is 2.17. The topological polar surface area (TPSA) is 70.3 Å². The summed E-state index contributed by atoms with van der Waals surface area (Å²) in [4.78, 5) is 8.01. The molecule has 0 radical (unpaired) electrons. The van der Waals surface area contributed by atoms with Crippen molar-refractivity contribution in [1.29, 1.82) is 0 Å². The number of hydrogen-bond acceptors (Lipinski definition) is 5. The minimum atomic E-state index is 0.0505. The number of ether oxygens (including phenoxy) is 2. The summed E-state index contributed by atoms with van der Waals surface area (Å²) in [7, 11) is 0.